The van der Waals surface area contributed by atoms with Crippen molar-refractivity contribution >= 4 is 17.3 Å². The first-order chi connectivity index (χ1) is 7.33. The van der Waals surface area contributed by atoms with Crippen LogP contribution >= 0.6 is 12.2 Å². The second kappa shape index (κ2) is 7.08. The highest BCUT2D eigenvalue weighted by atomic mass is 32.1. The molecule has 1 aromatic rings. The van der Waals surface area contributed by atoms with Gasteiger partial charge in [-0.15, -0.1) is 0 Å². The van der Waals surface area contributed by atoms with E-state index in [1.54, 1.807) is 13.3 Å². The van der Waals surface area contributed by atoms with Crippen LogP contribution in [0.4, 0.5) is 0 Å². The Hall–Kier alpha value is -1.27. The van der Waals surface area contributed by atoms with Crippen molar-refractivity contribution in [1.29, 1.82) is 0 Å². The zero-order valence-electron chi connectivity index (χ0n) is 8.56. The molecule has 0 aliphatic carbocycles. The van der Waals surface area contributed by atoms with Crippen LogP contribution in [0.3, 0.4) is 0 Å². The lowest BCUT2D eigenvalue weighted by molar-refractivity contribution is 0.204. The number of ether oxygens (including phenoxy) is 1. The average Bonchev–Trinajstić information content (AvgIpc) is 2.28. The molecule has 0 atom stereocenters. The maximum atomic E-state index is 5.05. The fourth-order valence-corrected chi connectivity index (χ4v) is 1.10. The van der Waals surface area contributed by atoms with Gasteiger partial charge >= 0.3 is 0 Å². The topological polar surface area (TPSA) is 59.1 Å². The molecule has 0 aliphatic rings. The predicted molar refractivity (Wildman–Crippen MR) is 61.3 cm³/mol. The van der Waals surface area contributed by atoms with Crippen molar-refractivity contribution in [3.63, 3.8) is 0 Å². The minimum absolute atomic E-state index is 0.599. The summed E-state index contributed by atoms with van der Waals surface area (Å²) in [5.74, 6) is 0. The van der Waals surface area contributed by atoms with Crippen LogP contribution in [0.2, 0.25) is 0 Å². The van der Waals surface area contributed by atoms with E-state index >= 15 is 0 Å². The Morgan fingerprint density at radius 3 is 3.07 bits per heavy atom. The highest BCUT2D eigenvalue weighted by molar-refractivity contribution is 7.80. The highest BCUT2D eigenvalue weighted by Gasteiger charge is 1.96. The Morgan fingerprint density at radius 2 is 2.40 bits per heavy atom. The molecule has 5 nitrogen and oxygen atoms in total. The zero-order valence-corrected chi connectivity index (χ0v) is 9.38. The molecule has 1 aromatic heterocycles. The summed E-state index contributed by atoms with van der Waals surface area (Å²) in [6, 6.07) is 1.84. The summed E-state index contributed by atoms with van der Waals surface area (Å²) >= 11 is 5.05. The molecule has 0 aliphatic heterocycles. The van der Waals surface area contributed by atoms with Crippen molar-refractivity contribution in [3.8, 4) is 0 Å². The Balaban J connectivity index is 2.17. The van der Waals surface area contributed by atoms with E-state index < -0.39 is 0 Å². The van der Waals surface area contributed by atoms with Crippen LogP contribution in [0.25, 0.3) is 0 Å². The molecular weight excluding hydrogens is 212 g/mol. The Bertz CT molecular complexity index is 293. The van der Waals surface area contributed by atoms with Crippen LogP contribution < -0.4 is 10.6 Å². The number of rotatable bonds is 5. The van der Waals surface area contributed by atoms with Gasteiger partial charge in [-0.05, 0) is 18.3 Å². The quantitative estimate of drug-likeness (QED) is 0.548. The summed E-state index contributed by atoms with van der Waals surface area (Å²) in [6.45, 7) is 1.93. The van der Waals surface area contributed by atoms with Gasteiger partial charge in [-0.3, -0.25) is 0 Å². The first-order valence-corrected chi connectivity index (χ1v) is 4.99. The number of hydrogen-bond donors (Lipinski definition) is 2. The van der Waals surface area contributed by atoms with Gasteiger partial charge in [0.2, 0.25) is 0 Å². The van der Waals surface area contributed by atoms with E-state index in [9.17, 15) is 0 Å². The van der Waals surface area contributed by atoms with Crippen LogP contribution in [0, 0.1) is 0 Å². The van der Waals surface area contributed by atoms with E-state index in [0.29, 0.717) is 24.8 Å². The van der Waals surface area contributed by atoms with Crippen molar-refractivity contribution in [1.82, 2.24) is 20.6 Å². The molecule has 0 radical (unpaired) electrons. The highest BCUT2D eigenvalue weighted by Crippen LogP contribution is 1.88. The standard InChI is InChI=1S/C9H14N4OS/c1-14-5-4-11-9(15)12-6-8-2-3-10-7-13-8/h2-3,7H,4-6H2,1H3,(H2,11,12,15). The molecule has 2 N–H and O–H groups in total. The van der Waals surface area contributed by atoms with Gasteiger partial charge in [-0.2, -0.15) is 0 Å². The van der Waals surface area contributed by atoms with Crippen molar-refractivity contribution in [2.45, 2.75) is 6.54 Å². The fraction of sp³-hybridized carbons (Fsp3) is 0.444. The third-order valence-electron chi connectivity index (χ3n) is 1.67. The van der Waals surface area contributed by atoms with Crippen LogP contribution in [-0.4, -0.2) is 35.3 Å². The largest absolute Gasteiger partial charge is 0.383 e. The molecule has 0 saturated heterocycles. The van der Waals surface area contributed by atoms with Gasteiger partial charge in [0.15, 0.2) is 5.11 Å². The van der Waals surface area contributed by atoms with Crippen LogP contribution in [0.15, 0.2) is 18.6 Å². The van der Waals surface area contributed by atoms with E-state index in [2.05, 4.69) is 20.6 Å². The summed E-state index contributed by atoms with van der Waals surface area (Å²) in [6.07, 6.45) is 3.21. The lowest BCUT2D eigenvalue weighted by Crippen LogP contribution is -2.36. The number of nitrogens with zero attached hydrogens (tertiary/aromatic N) is 2. The monoisotopic (exact) mass is 226 g/mol. The Morgan fingerprint density at radius 1 is 1.53 bits per heavy atom. The molecular formula is C9H14N4OS. The fourth-order valence-electron chi connectivity index (χ4n) is 0.923. The summed E-state index contributed by atoms with van der Waals surface area (Å²) < 4.78 is 4.88. The number of methoxy groups -OCH3 is 1. The third-order valence-corrected chi connectivity index (χ3v) is 1.95. The summed E-state index contributed by atoms with van der Waals surface area (Å²) in [5, 5.41) is 6.64. The normalized spacial score (nSPS) is 9.67. The number of aromatic nitrogens is 2. The SMILES string of the molecule is COCCNC(=S)NCc1ccncn1. The minimum Gasteiger partial charge on any atom is -0.383 e. The minimum atomic E-state index is 0.599. The van der Waals surface area contributed by atoms with Crippen molar-refractivity contribution in [2.24, 2.45) is 0 Å². The maximum Gasteiger partial charge on any atom is 0.166 e. The second-order valence-corrected chi connectivity index (χ2v) is 3.21. The van der Waals surface area contributed by atoms with Crippen LogP contribution in [0.1, 0.15) is 5.69 Å². The molecule has 0 amide bonds. The maximum absolute atomic E-state index is 5.05. The zero-order chi connectivity index (χ0) is 10.9. The van der Waals surface area contributed by atoms with Gasteiger partial charge in [-0.1, -0.05) is 0 Å². The molecule has 0 unspecified atom stereocenters. The van der Waals surface area contributed by atoms with Gasteiger partial charge in [-0.25, -0.2) is 9.97 Å². The molecule has 82 valence electrons. The van der Waals surface area contributed by atoms with Crippen molar-refractivity contribution < 1.29 is 4.74 Å². The molecule has 1 rings (SSSR count). The van der Waals surface area contributed by atoms with Gasteiger partial charge in [0, 0.05) is 19.9 Å². The molecule has 0 bridgehead atoms. The van der Waals surface area contributed by atoms with Gasteiger partial charge in [0.1, 0.15) is 6.33 Å². The Kier molecular flexibility index (Phi) is 5.57. The number of nitrogens with one attached hydrogen (secondary N) is 2. The third kappa shape index (κ3) is 5.24. The van der Waals surface area contributed by atoms with Crippen molar-refractivity contribution in [2.75, 3.05) is 20.3 Å². The number of thiocarbonyl (C=S) groups is 1. The van der Waals surface area contributed by atoms with E-state index in [-0.39, 0.29) is 0 Å². The van der Waals surface area contributed by atoms with Gasteiger partial charge in [0.05, 0.1) is 18.8 Å². The van der Waals surface area contributed by atoms with Crippen LogP contribution in [0.5, 0.6) is 0 Å². The van der Waals surface area contributed by atoms with E-state index in [4.69, 9.17) is 17.0 Å². The first-order valence-electron chi connectivity index (χ1n) is 4.58. The number of hydrogen-bond acceptors (Lipinski definition) is 4. The summed E-state index contributed by atoms with van der Waals surface area (Å²) in [5.41, 5.74) is 0.904. The summed E-state index contributed by atoms with van der Waals surface area (Å²) in [4.78, 5) is 7.89. The Labute approximate surface area is 94.3 Å². The second-order valence-electron chi connectivity index (χ2n) is 2.80. The van der Waals surface area contributed by atoms with Gasteiger partial charge in [0.25, 0.3) is 0 Å². The molecule has 0 aromatic carbocycles. The van der Waals surface area contributed by atoms with E-state index in [0.717, 1.165) is 5.69 Å². The van der Waals surface area contributed by atoms with Crippen LogP contribution in [-0.2, 0) is 11.3 Å². The molecule has 6 heteroatoms. The molecule has 0 saturated carbocycles. The first kappa shape index (κ1) is 11.8. The molecule has 15 heavy (non-hydrogen) atoms. The van der Waals surface area contributed by atoms with E-state index in [1.807, 2.05) is 6.07 Å². The van der Waals surface area contributed by atoms with Gasteiger partial charge < -0.3 is 15.4 Å². The molecule has 1 heterocycles. The summed E-state index contributed by atoms with van der Waals surface area (Å²) in [7, 11) is 1.65. The lowest BCUT2D eigenvalue weighted by Gasteiger charge is -2.09. The van der Waals surface area contributed by atoms with E-state index in [1.165, 1.54) is 6.33 Å². The molecule has 0 fully saturated rings. The average molecular weight is 226 g/mol. The molecule has 0 spiro atoms. The smallest absolute Gasteiger partial charge is 0.166 e. The lowest BCUT2D eigenvalue weighted by atomic mass is 10.4. The van der Waals surface area contributed by atoms with Crippen molar-refractivity contribution in [3.05, 3.63) is 24.3 Å². The predicted octanol–water partition coefficient (Wildman–Crippen LogP) is 0.0871.